The van der Waals surface area contributed by atoms with Gasteiger partial charge in [-0.2, -0.15) is 0 Å². The summed E-state index contributed by atoms with van der Waals surface area (Å²) in [6.07, 6.45) is 5.33. The molecule has 1 amide bonds. The first-order chi connectivity index (χ1) is 14.6. The number of rotatable bonds is 7. The Kier molecular flexibility index (Phi) is 11.6. The molecule has 0 aliphatic carbocycles. The smallest absolute Gasteiger partial charge is 0.224 e. The van der Waals surface area contributed by atoms with Gasteiger partial charge in [-0.05, 0) is 69.5 Å². The monoisotopic (exact) mass is 561 g/mol. The van der Waals surface area contributed by atoms with E-state index in [0.717, 1.165) is 45.1 Å². The molecule has 3 unspecified atom stereocenters. The molecule has 1 aromatic heterocycles. The summed E-state index contributed by atoms with van der Waals surface area (Å²) in [4.78, 5) is 23.4. The normalized spacial score (nSPS) is 25.1. The van der Waals surface area contributed by atoms with Gasteiger partial charge in [-0.1, -0.05) is 13.0 Å². The molecule has 0 spiro atoms. The number of nitrogens with one attached hydrogen (secondary N) is 2. The van der Waals surface area contributed by atoms with Gasteiger partial charge in [0.15, 0.2) is 5.96 Å². The zero-order valence-corrected chi connectivity index (χ0v) is 22.5. The van der Waals surface area contributed by atoms with E-state index in [1.165, 1.54) is 24.1 Å². The molecule has 6 nitrogen and oxygen atoms in total. The Morgan fingerprint density at radius 1 is 1.26 bits per heavy atom. The van der Waals surface area contributed by atoms with Crippen LogP contribution in [0.5, 0.6) is 0 Å². The molecule has 3 heterocycles. The van der Waals surface area contributed by atoms with Crippen LogP contribution in [0.15, 0.2) is 22.5 Å². The SMILES string of the molecule is CCNC(=NCC1CCCN(C)C1c1cccs1)NCCC(=O)N1CCCC(C)C1.I. The molecule has 3 rings (SSSR count). The minimum Gasteiger partial charge on any atom is -0.357 e. The number of thiophene rings is 1. The Labute approximate surface area is 209 Å². The molecule has 1 aromatic rings. The summed E-state index contributed by atoms with van der Waals surface area (Å²) in [5, 5.41) is 8.90. The average molecular weight is 562 g/mol. The number of piperidine rings is 2. The van der Waals surface area contributed by atoms with Gasteiger partial charge in [0.1, 0.15) is 0 Å². The lowest BCUT2D eigenvalue weighted by molar-refractivity contribution is -0.132. The number of halogens is 1. The van der Waals surface area contributed by atoms with E-state index in [1.807, 2.05) is 16.2 Å². The maximum absolute atomic E-state index is 12.5. The van der Waals surface area contributed by atoms with E-state index in [2.05, 4.69) is 53.9 Å². The van der Waals surface area contributed by atoms with Crippen molar-refractivity contribution in [3.8, 4) is 0 Å². The maximum atomic E-state index is 12.5. The van der Waals surface area contributed by atoms with Crippen LogP contribution >= 0.6 is 35.3 Å². The molecule has 2 N–H and O–H groups in total. The summed E-state index contributed by atoms with van der Waals surface area (Å²) < 4.78 is 0. The van der Waals surface area contributed by atoms with Crippen molar-refractivity contribution < 1.29 is 4.79 Å². The Bertz CT molecular complexity index is 684. The molecule has 2 fully saturated rings. The van der Waals surface area contributed by atoms with Gasteiger partial charge in [-0.25, -0.2) is 0 Å². The molecule has 0 radical (unpaired) electrons. The number of hydrogen-bond donors (Lipinski definition) is 2. The lowest BCUT2D eigenvalue weighted by atomic mass is 9.88. The molecule has 0 aromatic carbocycles. The minimum atomic E-state index is 0. The number of likely N-dealkylation sites (tertiary alicyclic amines) is 2. The van der Waals surface area contributed by atoms with Crippen molar-refractivity contribution in [2.24, 2.45) is 16.8 Å². The number of hydrogen-bond acceptors (Lipinski definition) is 4. The summed E-state index contributed by atoms with van der Waals surface area (Å²) in [7, 11) is 2.23. The molecule has 8 heteroatoms. The van der Waals surface area contributed by atoms with Crippen molar-refractivity contribution in [1.82, 2.24) is 20.4 Å². The standard InChI is InChI=1S/C23H39N5OS.HI/c1-4-24-23(25-12-11-21(29)28-14-5-8-18(2)17-28)26-16-19-9-6-13-27(3)22(19)20-10-7-15-30-20;/h7,10,15,18-19,22H,4-6,8-9,11-14,16-17H2,1-3H3,(H2,24,25,26);1H. The topological polar surface area (TPSA) is 60.0 Å². The van der Waals surface area contributed by atoms with Crippen LogP contribution in [0, 0.1) is 11.8 Å². The third-order valence-electron chi connectivity index (χ3n) is 6.31. The highest BCUT2D eigenvalue weighted by Gasteiger charge is 2.31. The van der Waals surface area contributed by atoms with Gasteiger partial charge in [-0.15, -0.1) is 35.3 Å². The van der Waals surface area contributed by atoms with E-state index in [9.17, 15) is 4.79 Å². The van der Waals surface area contributed by atoms with Gasteiger partial charge in [0.25, 0.3) is 0 Å². The van der Waals surface area contributed by atoms with Crippen LogP contribution in [-0.2, 0) is 4.79 Å². The Balaban J connectivity index is 0.00000341. The number of nitrogens with zero attached hydrogens (tertiary/aromatic N) is 3. The molecule has 2 aliphatic heterocycles. The third-order valence-corrected chi connectivity index (χ3v) is 7.25. The van der Waals surface area contributed by atoms with Gasteiger partial charge in [0.05, 0.1) is 0 Å². The average Bonchev–Trinajstić information content (AvgIpc) is 3.26. The molecule has 0 bridgehead atoms. The summed E-state index contributed by atoms with van der Waals surface area (Å²) in [6, 6.07) is 4.85. The van der Waals surface area contributed by atoms with E-state index < -0.39 is 0 Å². The molecule has 31 heavy (non-hydrogen) atoms. The molecule has 2 aliphatic rings. The molecule has 2 saturated heterocycles. The quantitative estimate of drug-likeness (QED) is 0.301. The summed E-state index contributed by atoms with van der Waals surface area (Å²) in [5.41, 5.74) is 0. The van der Waals surface area contributed by atoms with Gasteiger partial charge < -0.3 is 15.5 Å². The van der Waals surface area contributed by atoms with Gasteiger partial charge in [-0.3, -0.25) is 14.7 Å². The Hall–Kier alpha value is -0.870. The van der Waals surface area contributed by atoms with Gasteiger partial charge in [0, 0.05) is 50.1 Å². The highest BCUT2D eigenvalue weighted by Crippen LogP contribution is 2.37. The largest absolute Gasteiger partial charge is 0.357 e. The number of amides is 1. The lowest BCUT2D eigenvalue weighted by Crippen LogP contribution is -2.43. The van der Waals surface area contributed by atoms with Crippen molar-refractivity contribution in [1.29, 1.82) is 0 Å². The molecule has 176 valence electrons. The number of carbonyl (C=O) groups excluding carboxylic acids is 1. The third kappa shape index (κ3) is 7.89. The van der Waals surface area contributed by atoms with Gasteiger partial charge in [0.2, 0.25) is 5.91 Å². The number of carbonyl (C=O) groups is 1. The van der Waals surface area contributed by atoms with Gasteiger partial charge >= 0.3 is 0 Å². The lowest BCUT2D eigenvalue weighted by Gasteiger charge is -2.38. The van der Waals surface area contributed by atoms with Crippen molar-refractivity contribution in [2.75, 3.05) is 46.3 Å². The van der Waals surface area contributed by atoms with Crippen molar-refractivity contribution in [3.63, 3.8) is 0 Å². The highest BCUT2D eigenvalue weighted by atomic mass is 127. The first-order valence-electron chi connectivity index (χ1n) is 11.6. The van der Waals surface area contributed by atoms with E-state index in [-0.39, 0.29) is 29.9 Å². The van der Waals surface area contributed by atoms with Crippen LogP contribution in [0.3, 0.4) is 0 Å². The van der Waals surface area contributed by atoms with Crippen LogP contribution < -0.4 is 10.6 Å². The van der Waals surface area contributed by atoms with Crippen LogP contribution in [0.1, 0.15) is 56.9 Å². The maximum Gasteiger partial charge on any atom is 0.224 e. The van der Waals surface area contributed by atoms with Crippen LogP contribution in [0.25, 0.3) is 0 Å². The van der Waals surface area contributed by atoms with Crippen LogP contribution in [0.4, 0.5) is 0 Å². The van der Waals surface area contributed by atoms with E-state index in [4.69, 9.17) is 4.99 Å². The van der Waals surface area contributed by atoms with Crippen LogP contribution in [-0.4, -0.2) is 68.0 Å². The Morgan fingerprint density at radius 2 is 2.06 bits per heavy atom. The summed E-state index contributed by atoms with van der Waals surface area (Å²) in [5.74, 6) is 2.24. The predicted octanol–water partition coefficient (Wildman–Crippen LogP) is 3.95. The fourth-order valence-corrected chi connectivity index (χ4v) is 5.76. The molecular formula is C23H40IN5OS. The second kappa shape index (κ2) is 13.6. The van der Waals surface area contributed by atoms with Crippen molar-refractivity contribution in [3.05, 3.63) is 22.4 Å². The zero-order chi connectivity index (χ0) is 21.3. The number of aliphatic imine (C=N–C) groups is 1. The fraction of sp³-hybridized carbons (Fsp3) is 0.739. The van der Waals surface area contributed by atoms with Crippen molar-refractivity contribution in [2.45, 2.75) is 52.0 Å². The zero-order valence-electron chi connectivity index (χ0n) is 19.3. The second-order valence-electron chi connectivity index (χ2n) is 8.83. The predicted molar refractivity (Wildman–Crippen MR) is 141 cm³/mol. The highest BCUT2D eigenvalue weighted by molar-refractivity contribution is 14.0. The summed E-state index contributed by atoms with van der Waals surface area (Å²) in [6.45, 7) is 9.55. The summed E-state index contributed by atoms with van der Waals surface area (Å²) >= 11 is 1.85. The molecule has 3 atom stereocenters. The van der Waals surface area contributed by atoms with E-state index >= 15 is 0 Å². The first-order valence-corrected chi connectivity index (χ1v) is 12.5. The van der Waals surface area contributed by atoms with Crippen LogP contribution in [0.2, 0.25) is 0 Å². The van der Waals surface area contributed by atoms with E-state index in [1.54, 1.807) is 0 Å². The van der Waals surface area contributed by atoms with Crippen molar-refractivity contribution >= 4 is 47.2 Å². The fourth-order valence-electron chi connectivity index (χ4n) is 4.77. The Morgan fingerprint density at radius 3 is 2.77 bits per heavy atom. The first kappa shape index (κ1) is 26.4. The second-order valence-corrected chi connectivity index (χ2v) is 9.81. The minimum absolute atomic E-state index is 0. The number of guanidine groups is 1. The van der Waals surface area contributed by atoms with E-state index in [0.29, 0.717) is 30.8 Å². The molecular weight excluding hydrogens is 521 g/mol. The molecule has 0 saturated carbocycles.